The van der Waals surface area contributed by atoms with E-state index in [9.17, 15) is 38.4 Å². The minimum Gasteiger partial charge on any atom is -0.463 e. The van der Waals surface area contributed by atoms with E-state index in [1.807, 2.05) is 0 Å². The molecule has 9 atom stereocenters. The third-order valence-corrected chi connectivity index (χ3v) is 7.89. The van der Waals surface area contributed by atoms with Crippen molar-refractivity contribution in [3.63, 3.8) is 0 Å². The molecule has 19 heteroatoms. The van der Waals surface area contributed by atoms with E-state index in [4.69, 9.17) is 52.1 Å². The summed E-state index contributed by atoms with van der Waals surface area (Å²) in [4.78, 5) is 101. The highest BCUT2D eigenvalue weighted by Crippen LogP contribution is 2.41. The van der Waals surface area contributed by atoms with Crippen LogP contribution in [0.5, 0.6) is 0 Å². The van der Waals surface area contributed by atoms with Crippen molar-refractivity contribution in [2.75, 3.05) is 19.8 Å². The summed E-state index contributed by atoms with van der Waals surface area (Å²) in [5.74, 6) is -11.8. The van der Waals surface area contributed by atoms with Crippen LogP contribution in [0.15, 0.2) is 0 Å². The van der Waals surface area contributed by atoms with Crippen LogP contribution in [0.25, 0.3) is 0 Å². The first-order valence-electron chi connectivity index (χ1n) is 17.9. The lowest BCUT2D eigenvalue weighted by molar-refractivity contribution is -0.384. The van der Waals surface area contributed by atoms with Gasteiger partial charge in [-0.15, -0.1) is 0 Å². The molecule has 0 aromatic carbocycles. The molecule has 2 aliphatic rings. The normalized spacial score (nSPS) is 27.6. The SMILES string of the molecule is CC(=O)O[C@@H]1[C@@H](OC(C)=O)[C@@H](O[C@]2(COC(=O)C(C)C)O[C@H](COC(=O)C(C)C)[C@@H](OC(C)=O)[C@@H]2OC(C)=O)O[C@H](COC(=O)C(C)C)[C@H]1OC(=O)C(C)C. The molecule has 0 aliphatic carbocycles. The Labute approximate surface area is 319 Å². The van der Waals surface area contributed by atoms with Gasteiger partial charge in [-0.1, -0.05) is 55.4 Å². The molecular weight excluding hydrogens is 736 g/mol. The van der Waals surface area contributed by atoms with Crippen molar-refractivity contribution in [2.45, 2.75) is 138 Å². The van der Waals surface area contributed by atoms with Gasteiger partial charge in [-0.2, -0.15) is 0 Å². The van der Waals surface area contributed by atoms with Gasteiger partial charge in [0.05, 0.1) is 23.7 Å². The van der Waals surface area contributed by atoms with Crippen LogP contribution >= 0.6 is 0 Å². The molecular formula is C36H54O19. The molecule has 312 valence electrons. The third-order valence-electron chi connectivity index (χ3n) is 7.89. The Morgan fingerprint density at radius 3 is 1.36 bits per heavy atom. The molecule has 0 radical (unpaired) electrons. The fraction of sp³-hybridized carbons (Fsp3) is 0.778. The molecule has 0 unspecified atom stereocenters. The first kappa shape index (κ1) is 46.8. The minimum atomic E-state index is -2.52. The maximum Gasteiger partial charge on any atom is 0.308 e. The molecule has 0 N–H and O–H groups in total. The van der Waals surface area contributed by atoms with E-state index in [1.165, 1.54) is 27.7 Å². The molecule has 0 aromatic heterocycles. The fourth-order valence-corrected chi connectivity index (χ4v) is 5.23. The zero-order chi connectivity index (χ0) is 41.9. The molecule has 55 heavy (non-hydrogen) atoms. The molecule has 0 aromatic rings. The fourth-order valence-electron chi connectivity index (χ4n) is 5.23. The summed E-state index contributed by atoms with van der Waals surface area (Å²) in [6.45, 7) is 14.4. The molecule has 19 nitrogen and oxygen atoms in total. The van der Waals surface area contributed by atoms with Gasteiger partial charge in [-0.3, -0.25) is 38.4 Å². The van der Waals surface area contributed by atoms with E-state index in [-0.39, 0.29) is 0 Å². The molecule has 0 saturated carbocycles. The number of carbonyl (C=O) groups is 8. The van der Waals surface area contributed by atoms with Crippen LogP contribution in [0.4, 0.5) is 0 Å². The molecule has 0 amide bonds. The van der Waals surface area contributed by atoms with Crippen molar-refractivity contribution in [1.82, 2.24) is 0 Å². The molecule has 2 aliphatic heterocycles. The van der Waals surface area contributed by atoms with E-state index in [0.717, 1.165) is 27.7 Å². The Bertz CT molecular complexity index is 1400. The lowest BCUT2D eigenvalue weighted by Crippen LogP contribution is -2.66. The van der Waals surface area contributed by atoms with E-state index >= 15 is 0 Å². The summed E-state index contributed by atoms with van der Waals surface area (Å²) >= 11 is 0. The van der Waals surface area contributed by atoms with Crippen LogP contribution in [-0.2, 0) is 90.5 Å². The van der Waals surface area contributed by atoms with Gasteiger partial charge in [0.15, 0.2) is 30.5 Å². The van der Waals surface area contributed by atoms with E-state index < -0.39 is 146 Å². The van der Waals surface area contributed by atoms with Crippen molar-refractivity contribution < 1.29 is 90.5 Å². The monoisotopic (exact) mass is 790 g/mol. The Morgan fingerprint density at radius 2 is 0.909 bits per heavy atom. The number of hydrogen-bond acceptors (Lipinski definition) is 19. The predicted molar refractivity (Wildman–Crippen MR) is 182 cm³/mol. The Kier molecular flexibility index (Phi) is 17.5. The molecule has 2 saturated heterocycles. The second kappa shape index (κ2) is 20.5. The van der Waals surface area contributed by atoms with Gasteiger partial charge in [0, 0.05) is 27.7 Å². The predicted octanol–water partition coefficient (Wildman–Crippen LogP) is 1.72. The highest BCUT2D eigenvalue weighted by atomic mass is 16.8. The van der Waals surface area contributed by atoms with Crippen LogP contribution in [-0.4, -0.2) is 122 Å². The highest BCUT2D eigenvalue weighted by molar-refractivity contribution is 5.73. The third kappa shape index (κ3) is 13.4. The van der Waals surface area contributed by atoms with Crippen LogP contribution in [0.2, 0.25) is 0 Å². The Balaban J connectivity index is 2.88. The number of rotatable bonds is 17. The Morgan fingerprint density at radius 1 is 0.491 bits per heavy atom. The molecule has 0 bridgehead atoms. The first-order chi connectivity index (χ1) is 25.5. The van der Waals surface area contributed by atoms with Gasteiger partial charge >= 0.3 is 47.8 Å². The smallest absolute Gasteiger partial charge is 0.308 e. The van der Waals surface area contributed by atoms with Crippen molar-refractivity contribution in [3.05, 3.63) is 0 Å². The van der Waals surface area contributed by atoms with Crippen LogP contribution in [0.1, 0.15) is 83.1 Å². The van der Waals surface area contributed by atoms with Gasteiger partial charge in [0.25, 0.3) is 0 Å². The standard InChI is InChI=1S/C36H54O19/c1-16(2)31(41)45-13-24-26(53-34(44)19(7)8)28(49-21(10)38)29(50-22(11)39)35(52-24)55-36(15-47-33(43)18(5)6)30(51-23(12)40)27(48-20(9)37)25(54-36)14-46-32(42)17(3)4/h16-19,24-30,35H,13-15H2,1-12H3/t24-,25-,26-,27-,28+,29-,30+,35-,36+/m1/s1. The lowest BCUT2D eigenvalue weighted by Gasteiger charge is -2.46. The van der Waals surface area contributed by atoms with Crippen LogP contribution in [0, 0.1) is 23.7 Å². The lowest BCUT2D eigenvalue weighted by atomic mass is 9.97. The zero-order valence-electron chi connectivity index (χ0n) is 33.3. The number of esters is 8. The van der Waals surface area contributed by atoms with Gasteiger partial charge in [0.2, 0.25) is 12.1 Å². The Hall–Kier alpha value is -4.36. The maximum absolute atomic E-state index is 13.0. The summed E-state index contributed by atoms with van der Waals surface area (Å²) in [5.41, 5.74) is 0. The van der Waals surface area contributed by atoms with Crippen molar-refractivity contribution in [3.8, 4) is 0 Å². The van der Waals surface area contributed by atoms with Gasteiger partial charge in [-0.25, -0.2) is 0 Å². The van der Waals surface area contributed by atoms with Crippen molar-refractivity contribution in [2.24, 2.45) is 23.7 Å². The van der Waals surface area contributed by atoms with Gasteiger partial charge in [-0.05, 0) is 0 Å². The van der Waals surface area contributed by atoms with Gasteiger partial charge < -0.3 is 52.1 Å². The summed E-state index contributed by atoms with van der Waals surface area (Å²) in [6, 6.07) is 0. The van der Waals surface area contributed by atoms with E-state index in [1.54, 1.807) is 27.7 Å². The largest absolute Gasteiger partial charge is 0.463 e. The summed E-state index contributed by atoms with van der Waals surface area (Å²) in [5, 5.41) is 0. The summed E-state index contributed by atoms with van der Waals surface area (Å²) in [7, 11) is 0. The van der Waals surface area contributed by atoms with Crippen LogP contribution in [0.3, 0.4) is 0 Å². The average Bonchev–Trinajstić information content (AvgIpc) is 3.33. The molecule has 2 heterocycles. The second-order valence-corrected chi connectivity index (χ2v) is 14.3. The topological polar surface area (TPSA) is 238 Å². The molecule has 2 fully saturated rings. The van der Waals surface area contributed by atoms with Crippen molar-refractivity contribution >= 4 is 47.8 Å². The second-order valence-electron chi connectivity index (χ2n) is 14.3. The molecule has 2 rings (SSSR count). The van der Waals surface area contributed by atoms with Crippen LogP contribution < -0.4 is 0 Å². The summed E-state index contributed by atoms with van der Waals surface area (Å²) < 4.78 is 63.2. The van der Waals surface area contributed by atoms with E-state index in [0.29, 0.717) is 0 Å². The minimum absolute atomic E-state index is 0.591. The number of carbonyl (C=O) groups excluding carboxylic acids is 8. The number of ether oxygens (including phenoxy) is 11. The number of hydrogen-bond donors (Lipinski definition) is 0. The average molecular weight is 791 g/mol. The quantitative estimate of drug-likeness (QED) is 0.151. The maximum atomic E-state index is 13.0. The van der Waals surface area contributed by atoms with Crippen molar-refractivity contribution in [1.29, 1.82) is 0 Å². The van der Waals surface area contributed by atoms with Gasteiger partial charge in [0.1, 0.15) is 32.0 Å². The zero-order valence-corrected chi connectivity index (χ0v) is 33.3. The van der Waals surface area contributed by atoms with E-state index in [2.05, 4.69) is 0 Å². The molecule has 0 spiro atoms. The summed E-state index contributed by atoms with van der Waals surface area (Å²) in [6.07, 6.45) is -13.4. The first-order valence-corrected chi connectivity index (χ1v) is 17.9. The highest BCUT2D eigenvalue weighted by Gasteiger charge is 2.65.